The largest absolute Gasteiger partial charge is 0.481 e. The lowest BCUT2D eigenvalue weighted by atomic mass is 9.95. The lowest BCUT2D eigenvalue weighted by Gasteiger charge is -2.31. The van der Waals surface area contributed by atoms with Crippen molar-refractivity contribution in [1.82, 2.24) is 10.2 Å². The summed E-state index contributed by atoms with van der Waals surface area (Å²) in [5, 5.41) is 11.6. The highest BCUT2D eigenvalue weighted by Gasteiger charge is 2.25. The molecule has 1 aromatic carbocycles. The van der Waals surface area contributed by atoms with Gasteiger partial charge in [-0.25, -0.2) is 0 Å². The summed E-state index contributed by atoms with van der Waals surface area (Å²) in [6, 6.07) is 10.3. The van der Waals surface area contributed by atoms with Gasteiger partial charge in [-0.3, -0.25) is 14.5 Å². The number of nitrogens with one attached hydrogen (secondary N) is 1. The van der Waals surface area contributed by atoms with Gasteiger partial charge in [-0.15, -0.1) is 0 Å². The van der Waals surface area contributed by atoms with Crippen molar-refractivity contribution in [3.8, 4) is 0 Å². The molecule has 1 unspecified atom stereocenters. The molecule has 126 valence electrons. The third-order valence-corrected chi connectivity index (χ3v) is 4.39. The lowest BCUT2D eigenvalue weighted by molar-refractivity contribution is -0.137. The maximum Gasteiger partial charge on any atom is 0.303 e. The number of likely N-dealkylation sites (tertiary alicyclic amines) is 1. The summed E-state index contributed by atoms with van der Waals surface area (Å²) in [7, 11) is 0. The third-order valence-electron chi connectivity index (χ3n) is 4.39. The molecule has 1 amide bonds. The first kappa shape index (κ1) is 17.5. The normalized spacial score (nSPS) is 17.6. The van der Waals surface area contributed by atoms with Crippen molar-refractivity contribution in [3.63, 3.8) is 0 Å². The second-order valence-electron chi connectivity index (χ2n) is 6.38. The summed E-state index contributed by atoms with van der Waals surface area (Å²) in [4.78, 5) is 25.2. The fourth-order valence-electron chi connectivity index (χ4n) is 2.97. The van der Waals surface area contributed by atoms with Gasteiger partial charge in [0.05, 0.1) is 0 Å². The van der Waals surface area contributed by atoms with Crippen LogP contribution in [0.5, 0.6) is 0 Å². The van der Waals surface area contributed by atoms with Crippen molar-refractivity contribution in [2.24, 2.45) is 5.92 Å². The third kappa shape index (κ3) is 6.02. The molecule has 0 saturated carbocycles. The average molecular weight is 318 g/mol. The van der Waals surface area contributed by atoms with Gasteiger partial charge in [0.2, 0.25) is 5.91 Å². The van der Waals surface area contributed by atoms with E-state index in [9.17, 15) is 9.59 Å². The maximum atomic E-state index is 12.2. The van der Waals surface area contributed by atoms with Crippen molar-refractivity contribution in [3.05, 3.63) is 35.9 Å². The predicted octanol–water partition coefficient (Wildman–Crippen LogP) is 2.27. The minimum Gasteiger partial charge on any atom is -0.481 e. The van der Waals surface area contributed by atoms with Crippen LogP contribution in [0.1, 0.15) is 38.2 Å². The highest BCUT2D eigenvalue weighted by molar-refractivity contribution is 5.79. The molecule has 2 rings (SSSR count). The van der Waals surface area contributed by atoms with Crippen molar-refractivity contribution in [2.45, 2.75) is 45.2 Å². The van der Waals surface area contributed by atoms with Gasteiger partial charge in [-0.1, -0.05) is 30.3 Å². The summed E-state index contributed by atoms with van der Waals surface area (Å²) in [6.45, 7) is 4.66. The summed E-state index contributed by atoms with van der Waals surface area (Å²) < 4.78 is 0. The van der Waals surface area contributed by atoms with Crippen molar-refractivity contribution < 1.29 is 14.7 Å². The first-order chi connectivity index (χ1) is 11.0. The van der Waals surface area contributed by atoms with Crippen LogP contribution in [0.4, 0.5) is 0 Å². The van der Waals surface area contributed by atoms with Gasteiger partial charge in [0.15, 0.2) is 0 Å². The first-order valence-corrected chi connectivity index (χ1v) is 8.33. The number of carboxylic acids is 1. The Kier molecular flexibility index (Phi) is 6.59. The highest BCUT2D eigenvalue weighted by Crippen LogP contribution is 2.19. The highest BCUT2D eigenvalue weighted by atomic mass is 16.4. The van der Waals surface area contributed by atoms with Gasteiger partial charge in [0, 0.05) is 24.9 Å². The van der Waals surface area contributed by atoms with Crippen LogP contribution < -0.4 is 5.32 Å². The number of carbonyl (C=O) groups is 2. The van der Waals surface area contributed by atoms with Crippen LogP contribution in [0.3, 0.4) is 0 Å². The summed E-state index contributed by atoms with van der Waals surface area (Å²) in [6.07, 6.45) is 2.31. The molecule has 0 aromatic heterocycles. The monoisotopic (exact) mass is 318 g/mol. The number of carbonyl (C=O) groups excluding carboxylic acids is 1. The SMILES string of the molecule is CC(CCC(=O)O)NC(=O)C1CCN(Cc2ccccc2)CC1. The van der Waals surface area contributed by atoms with Gasteiger partial charge in [0.1, 0.15) is 0 Å². The van der Waals surface area contributed by atoms with E-state index in [0.717, 1.165) is 32.5 Å². The van der Waals surface area contributed by atoms with Gasteiger partial charge in [0.25, 0.3) is 0 Å². The zero-order valence-electron chi connectivity index (χ0n) is 13.7. The minimum absolute atomic E-state index is 0.0503. The van der Waals surface area contributed by atoms with Crippen LogP contribution in [0, 0.1) is 5.92 Å². The molecule has 5 nitrogen and oxygen atoms in total. The molecule has 1 saturated heterocycles. The predicted molar refractivity (Wildman–Crippen MR) is 88.9 cm³/mol. The number of carboxylic acid groups (broad SMARTS) is 1. The van der Waals surface area contributed by atoms with Crippen molar-refractivity contribution in [1.29, 1.82) is 0 Å². The maximum absolute atomic E-state index is 12.2. The Morgan fingerprint density at radius 2 is 1.91 bits per heavy atom. The van der Waals surface area contributed by atoms with Crippen LogP contribution in [-0.2, 0) is 16.1 Å². The van der Waals surface area contributed by atoms with E-state index in [1.54, 1.807) is 0 Å². The topological polar surface area (TPSA) is 69.6 Å². The molecule has 2 N–H and O–H groups in total. The van der Waals surface area contributed by atoms with Crippen LogP contribution >= 0.6 is 0 Å². The van der Waals surface area contributed by atoms with Crippen LogP contribution in [0.25, 0.3) is 0 Å². The van der Waals surface area contributed by atoms with E-state index in [-0.39, 0.29) is 24.3 Å². The number of piperidine rings is 1. The molecular formula is C18H26N2O3. The molecule has 23 heavy (non-hydrogen) atoms. The van der Waals surface area contributed by atoms with Crippen LogP contribution in [-0.4, -0.2) is 41.0 Å². The van der Waals surface area contributed by atoms with Crippen molar-refractivity contribution >= 4 is 11.9 Å². The summed E-state index contributed by atoms with van der Waals surface area (Å²) in [5.74, 6) is -0.697. The Hall–Kier alpha value is -1.88. The molecule has 1 atom stereocenters. The minimum atomic E-state index is -0.819. The Labute approximate surface area is 137 Å². The van der Waals surface area contributed by atoms with E-state index in [4.69, 9.17) is 5.11 Å². The van der Waals surface area contributed by atoms with Crippen molar-refractivity contribution in [2.75, 3.05) is 13.1 Å². The molecule has 1 aliphatic heterocycles. The van der Waals surface area contributed by atoms with E-state index in [2.05, 4.69) is 22.3 Å². The van der Waals surface area contributed by atoms with E-state index >= 15 is 0 Å². The fourth-order valence-corrected chi connectivity index (χ4v) is 2.97. The second-order valence-corrected chi connectivity index (χ2v) is 6.38. The van der Waals surface area contributed by atoms with Crippen LogP contribution in [0.15, 0.2) is 30.3 Å². The molecule has 0 spiro atoms. The number of hydrogen-bond acceptors (Lipinski definition) is 3. The molecular weight excluding hydrogens is 292 g/mol. The molecule has 1 aromatic rings. The Bertz CT molecular complexity index is 510. The molecule has 1 aliphatic rings. The van der Waals surface area contributed by atoms with Crippen LogP contribution in [0.2, 0.25) is 0 Å². The first-order valence-electron chi connectivity index (χ1n) is 8.33. The molecule has 0 radical (unpaired) electrons. The number of amides is 1. The number of nitrogens with zero attached hydrogens (tertiary/aromatic N) is 1. The van der Waals surface area contributed by atoms with Gasteiger partial charge >= 0.3 is 5.97 Å². The van der Waals surface area contributed by atoms with Gasteiger partial charge < -0.3 is 10.4 Å². The van der Waals surface area contributed by atoms with Gasteiger partial charge in [-0.2, -0.15) is 0 Å². The number of aliphatic carboxylic acids is 1. The number of rotatable bonds is 7. The van der Waals surface area contributed by atoms with E-state index in [1.165, 1.54) is 5.56 Å². The van der Waals surface area contributed by atoms with E-state index in [1.807, 2.05) is 25.1 Å². The Balaban J connectivity index is 1.71. The average Bonchev–Trinajstić information content (AvgIpc) is 2.54. The Morgan fingerprint density at radius 1 is 1.26 bits per heavy atom. The fraction of sp³-hybridized carbons (Fsp3) is 0.556. The molecule has 0 bridgehead atoms. The lowest BCUT2D eigenvalue weighted by Crippen LogP contribution is -2.43. The molecule has 5 heteroatoms. The zero-order chi connectivity index (χ0) is 16.7. The summed E-state index contributed by atoms with van der Waals surface area (Å²) in [5.41, 5.74) is 1.30. The number of hydrogen-bond donors (Lipinski definition) is 2. The zero-order valence-corrected chi connectivity index (χ0v) is 13.7. The Morgan fingerprint density at radius 3 is 2.52 bits per heavy atom. The van der Waals surface area contributed by atoms with E-state index < -0.39 is 5.97 Å². The molecule has 1 fully saturated rings. The number of benzene rings is 1. The smallest absolute Gasteiger partial charge is 0.303 e. The summed E-state index contributed by atoms with van der Waals surface area (Å²) >= 11 is 0. The second kappa shape index (κ2) is 8.67. The standard InChI is InChI=1S/C18H26N2O3/c1-14(7-8-17(21)22)19-18(23)16-9-11-20(12-10-16)13-15-5-3-2-4-6-15/h2-6,14,16H,7-13H2,1H3,(H,19,23)(H,21,22). The van der Waals surface area contributed by atoms with Gasteiger partial charge in [-0.05, 0) is 44.8 Å². The van der Waals surface area contributed by atoms with E-state index in [0.29, 0.717) is 6.42 Å². The quantitative estimate of drug-likeness (QED) is 0.809. The molecule has 0 aliphatic carbocycles. The molecule has 1 heterocycles.